The molecule has 5 nitrogen and oxygen atoms in total. The van der Waals surface area contributed by atoms with Gasteiger partial charge in [-0.15, -0.1) is 0 Å². The topological polar surface area (TPSA) is 60.1 Å². The van der Waals surface area contributed by atoms with Crippen molar-refractivity contribution in [3.63, 3.8) is 0 Å². The first-order valence-electron chi connectivity index (χ1n) is 6.04. The summed E-state index contributed by atoms with van der Waals surface area (Å²) in [5, 5.41) is 3.25. The number of fused-ring (bicyclic) bond motifs is 1. The Morgan fingerprint density at radius 2 is 2.44 bits per heavy atom. The van der Waals surface area contributed by atoms with E-state index in [9.17, 15) is 4.79 Å². The molecule has 0 aliphatic rings. The van der Waals surface area contributed by atoms with Crippen LogP contribution in [0.2, 0.25) is 0 Å². The quantitative estimate of drug-likeness (QED) is 0.621. The van der Waals surface area contributed by atoms with E-state index < -0.39 is 0 Å². The number of rotatable bonds is 6. The summed E-state index contributed by atoms with van der Waals surface area (Å²) >= 11 is 0. The van der Waals surface area contributed by atoms with Crippen molar-refractivity contribution in [2.24, 2.45) is 0 Å². The monoisotopic (exact) mass is 247 g/mol. The van der Waals surface area contributed by atoms with Crippen LogP contribution in [0.4, 0.5) is 0 Å². The fourth-order valence-electron chi connectivity index (χ4n) is 1.76. The van der Waals surface area contributed by atoms with Gasteiger partial charge in [-0.1, -0.05) is 13.5 Å². The molecule has 2 heterocycles. The fraction of sp³-hybridized carbons (Fsp3) is 0.385. The average molecular weight is 247 g/mol. The fourth-order valence-corrected chi connectivity index (χ4v) is 1.76. The second-order valence-electron chi connectivity index (χ2n) is 4.21. The van der Waals surface area contributed by atoms with Gasteiger partial charge in [-0.2, -0.15) is 0 Å². The summed E-state index contributed by atoms with van der Waals surface area (Å²) in [5.41, 5.74) is 2.01. The van der Waals surface area contributed by atoms with E-state index in [1.807, 2.05) is 0 Å². The maximum atomic E-state index is 11.7. The number of pyridine rings is 1. The third kappa shape index (κ3) is 2.68. The van der Waals surface area contributed by atoms with Crippen LogP contribution in [0.1, 0.15) is 13.3 Å². The number of nitrogens with one attached hydrogen (secondary N) is 1. The Kier molecular flexibility index (Phi) is 3.94. The van der Waals surface area contributed by atoms with Crippen molar-refractivity contribution in [1.82, 2.24) is 14.9 Å². The van der Waals surface area contributed by atoms with Crippen LogP contribution >= 0.6 is 0 Å². The van der Waals surface area contributed by atoms with E-state index in [0.29, 0.717) is 24.3 Å². The van der Waals surface area contributed by atoms with E-state index in [1.165, 1.54) is 4.57 Å². The minimum Gasteiger partial charge on any atom is -0.406 e. The maximum Gasteiger partial charge on any atom is 0.421 e. The van der Waals surface area contributed by atoms with Crippen molar-refractivity contribution in [2.75, 3.05) is 13.1 Å². The summed E-state index contributed by atoms with van der Waals surface area (Å²) in [6, 6.07) is 3.48. The van der Waals surface area contributed by atoms with Gasteiger partial charge in [0.1, 0.15) is 0 Å². The Morgan fingerprint density at radius 3 is 3.22 bits per heavy atom. The number of hydrogen-bond donors (Lipinski definition) is 1. The molecule has 0 spiro atoms. The molecule has 2 rings (SSSR count). The van der Waals surface area contributed by atoms with E-state index in [4.69, 9.17) is 4.42 Å². The van der Waals surface area contributed by atoms with E-state index in [-0.39, 0.29) is 5.76 Å². The van der Waals surface area contributed by atoms with Gasteiger partial charge < -0.3 is 9.73 Å². The van der Waals surface area contributed by atoms with Crippen LogP contribution in [0.3, 0.4) is 0 Å². The van der Waals surface area contributed by atoms with Gasteiger partial charge in [-0.25, -0.2) is 9.78 Å². The molecule has 2 aromatic rings. The summed E-state index contributed by atoms with van der Waals surface area (Å²) in [5.74, 6) is -0.389. The van der Waals surface area contributed by atoms with Crippen LogP contribution in [-0.2, 0) is 6.54 Å². The minimum absolute atomic E-state index is 0.389. The molecule has 0 aliphatic carbocycles. The maximum absolute atomic E-state index is 11.7. The predicted molar refractivity (Wildman–Crippen MR) is 70.6 cm³/mol. The second-order valence-corrected chi connectivity index (χ2v) is 4.21. The molecule has 2 aromatic heterocycles. The van der Waals surface area contributed by atoms with Crippen molar-refractivity contribution in [2.45, 2.75) is 19.9 Å². The molecule has 0 aliphatic heterocycles. The lowest BCUT2D eigenvalue weighted by molar-refractivity contribution is 0.513. The van der Waals surface area contributed by atoms with Crippen molar-refractivity contribution in [3.8, 4) is 0 Å². The van der Waals surface area contributed by atoms with Gasteiger partial charge in [0.2, 0.25) is 0 Å². The van der Waals surface area contributed by atoms with Crippen LogP contribution in [0.5, 0.6) is 0 Å². The molecule has 0 saturated carbocycles. The zero-order valence-corrected chi connectivity index (χ0v) is 10.5. The number of aromatic nitrogens is 2. The van der Waals surface area contributed by atoms with Crippen molar-refractivity contribution in [3.05, 3.63) is 41.0 Å². The Labute approximate surface area is 105 Å². The summed E-state index contributed by atoms with van der Waals surface area (Å²) in [4.78, 5) is 15.9. The number of nitrogens with zero attached hydrogens (tertiary/aromatic N) is 2. The minimum atomic E-state index is -0.389. The summed E-state index contributed by atoms with van der Waals surface area (Å²) in [6.45, 7) is 8.13. The molecule has 5 heteroatoms. The molecule has 18 heavy (non-hydrogen) atoms. The van der Waals surface area contributed by atoms with Gasteiger partial charge in [-0.3, -0.25) is 4.57 Å². The van der Waals surface area contributed by atoms with Crippen LogP contribution in [-0.4, -0.2) is 22.6 Å². The normalized spacial score (nSPS) is 10.9. The lowest BCUT2D eigenvalue weighted by atomic mass is 10.3. The lowest BCUT2D eigenvalue weighted by Crippen LogP contribution is -2.22. The first kappa shape index (κ1) is 12.6. The van der Waals surface area contributed by atoms with Crippen LogP contribution < -0.4 is 11.1 Å². The molecular formula is C13H17N3O2. The average Bonchev–Trinajstić information content (AvgIpc) is 2.67. The predicted octanol–water partition coefficient (Wildman–Crippen LogP) is 1.55. The molecule has 96 valence electrons. The lowest BCUT2D eigenvalue weighted by Gasteiger charge is -2.06. The molecule has 0 amide bonds. The van der Waals surface area contributed by atoms with E-state index in [0.717, 1.165) is 18.5 Å². The Hall–Kier alpha value is -1.88. The molecule has 0 atom stereocenters. The highest BCUT2D eigenvalue weighted by molar-refractivity contribution is 5.67. The van der Waals surface area contributed by atoms with Crippen LogP contribution in [0.25, 0.3) is 11.2 Å². The highest BCUT2D eigenvalue weighted by atomic mass is 16.4. The van der Waals surface area contributed by atoms with Crippen LogP contribution in [0, 0.1) is 0 Å². The Balaban J connectivity index is 2.14. The van der Waals surface area contributed by atoms with Crippen molar-refractivity contribution >= 4 is 11.2 Å². The van der Waals surface area contributed by atoms with Gasteiger partial charge in [0.25, 0.3) is 0 Å². The van der Waals surface area contributed by atoms with Gasteiger partial charge in [-0.05, 0) is 30.7 Å². The summed E-state index contributed by atoms with van der Waals surface area (Å²) in [6.07, 6.45) is 2.72. The molecular weight excluding hydrogens is 230 g/mol. The molecule has 0 bridgehead atoms. The largest absolute Gasteiger partial charge is 0.421 e. The van der Waals surface area contributed by atoms with Gasteiger partial charge in [0.15, 0.2) is 11.2 Å². The first-order chi connectivity index (χ1) is 8.72. The smallest absolute Gasteiger partial charge is 0.406 e. The summed E-state index contributed by atoms with van der Waals surface area (Å²) < 4.78 is 6.61. The van der Waals surface area contributed by atoms with E-state index in [2.05, 4.69) is 23.8 Å². The third-order valence-corrected chi connectivity index (χ3v) is 2.61. The number of hydrogen-bond acceptors (Lipinski definition) is 4. The highest BCUT2D eigenvalue weighted by Gasteiger charge is 2.10. The molecule has 0 aromatic carbocycles. The SMILES string of the molecule is C=C(CNCCC)Cn1c(=O)oc2cccnc21. The molecule has 0 radical (unpaired) electrons. The molecule has 0 unspecified atom stereocenters. The zero-order valence-electron chi connectivity index (χ0n) is 10.5. The van der Waals surface area contributed by atoms with Gasteiger partial charge in [0.05, 0.1) is 6.54 Å². The second kappa shape index (κ2) is 5.64. The summed E-state index contributed by atoms with van der Waals surface area (Å²) in [7, 11) is 0. The van der Waals surface area contributed by atoms with Crippen LogP contribution in [0.15, 0.2) is 39.7 Å². The van der Waals surface area contributed by atoms with E-state index in [1.54, 1.807) is 18.3 Å². The zero-order chi connectivity index (χ0) is 13.0. The Morgan fingerprint density at radius 1 is 1.61 bits per heavy atom. The standard InChI is InChI=1S/C13H17N3O2/c1-3-6-14-8-10(2)9-16-12-11(18-13(16)17)5-4-7-15-12/h4-5,7,14H,2-3,6,8-9H2,1H3. The van der Waals surface area contributed by atoms with E-state index >= 15 is 0 Å². The first-order valence-corrected chi connectivity index (χ1v) is 6.04. The molecule has 1 N–H and O–H groups in total. The number of oxazole rings is 1. The highest BCUT2D eigenvalue weighted by Crippen LogP contribution is 2.09. The van der Waals surface area contributed by atoms with Crippen molar-refractivity contribution < 1.29 is 4.42 Å². The Bertz CT molecular complexity index is 598. The molecule has 0 fully saturated rings. The third-order valence-electron chi connectivity index (χ3n) is 2.61. The molecule has 0 saturated heterocycles. The van der Waals surface area contributed by atoms with Gasteiger partial charge in [0, 0.05) is 12.7 Å². The van der Waals surface area contributed by atoms with Gasteiger partial charge >= 0.3 is 5.76 Å². The van der Waals surface area contributed by atoms with Crippen molar-refractivity contribution in [1.29, 1.82) is 0 Å².